The van der Waals surface area contributed by atoms with Crippen molar-refractivity contribution in [2.24, 2.45) is 0 Å². The van der Waals surface area contributed by atoms with Crippen molar-refractivity contribution in [2.75, 3.05) is 22.4 Å². The number of nitrogens with zero attached hydrogens (tertiary/aromatic N) is 2. The van der Waals surface area contributed by atoms with Gasteiger partial charge in [0, 0.05) is 12.1 Å². The Morgan fingerprint density at radius 1 is 1.24 bits per heavy atom. The SMILES string of the molecule is CS(=O)(=O)N1CCc2cc(C(=O)Nc3nc4ccccc4[nH]3)ccc21. The van der Waals surface area contributed by atoms with Crippen LogP contribution in [-0.2, 0) is 16.4 Å². The van der Waals surface area contributed by atoms with E-state index in [-0.39, 0.29) is 5.91 Å². The number of aromatic amines is 1. The van der Waals surface area contributed by atoms with Gasteiger partial charge in [-0.15, -0.1) is 0 Å². The summed E-state index contributed by atoms with van der Waals surface area (Å²) in [5.41, 5.74) is 3.58. The highest BCUT2D eigenvalue weighted by Crippen LogP contribution is 2.30. The molecule has 25 heavy (non-hydrogen) atoms. The van der Waals surface area contributed by atoms with Gasteiger partial charge in [-0.05, 0) is 42.3 Å². The maximum absolute atomic E-state index is 12.5. The smallest absolute Gasteiger partial charge is 0.257 e. The lowest BCUT2D eigenvalue weighted by Gasteiger charge is -2.16. The molecule has 1 aliphatic heterocycles. The zero-order valence-corrected chi connectivity index (χ0v) is 14.3. The van der Waals surface area contributed by atoms with Crippen molar-refractivity contribution in [2.45, 2.75) is 6.42 Å². The summed E-state index contributed by atoms with van der Waals surface area (Å²) in [5.74, 6) is 0.0872. The Hall–Kier alpha value is -2.87. The first kappa shape index (κ1) is 15.6. The first-order chi connectivity index (χ1) is 11.9. The lowest BCUT2D eigenvalue weighted by atomic mass is 10.1. The van der Waals surface area contributed by atoms with Crippen LogP contribution in [0.3, 0.4) is 0 Å². The van der Waals surface area contributed by atoms with Crippen LogP contribution < -0.4 is 9.62 Å². The highest BCUT2D eigenvalue weighted by atomic mass is 32.2. The molecule has 1 aromatic heterocycles. The van der Waals surface area contributed by atoms with Crippen LogP contribution in [-0.4, -0.2) is 37.1 Å². The van der Waals surface area contributed by atoms with Crippen LogP contribution in [0, 0.1) is 0 Å². The number of rotatable bonds is 3. The van der Waals surface area contributed by atoms with Crippen molar-refractivity contribution in [3.8, 4) is 0 Å². The number of hydrogen-bond acceptors (Lipinski definition) is 4. The Labute approximate surface area is 144 Å². The molecule has 0 aliphatic carbocycles. The number of nitrogens with one attached hydrogen (secondary N) is 2. The van der Waals surface area contributed by atoms with E-state index >= 15 is 0 Å². The first-order valence-corrected chi connectivity index (χ1v) is 9.63. The normalized spacial score (nSPS) is 13.9. The molecule has 1 amide bonds. The topological polar surface area (TPSA) is 95.2 Å². The molecular weight excluding hydrogens is 340 g/mol. The summed E-state index contributed by atoms with van der Waals surface area (Å²) in [6.07, 6.45) is 1.78. The van der Waals surface area contributed by atoms with E-state index in [0.717, 1.165) is 16.6 Å². The van der Waals surface area contributed by atoms with Crippen LogP contribution in [0.15, 0.2) is 42.5 Å². The number of carbonyl (C=O) groups excluding carboxylic acids is 1. The van der Waals surface area contributed by atoms with E-state index in [4.69, 9.17) is 0 Å². The molecule has 8 heteroatoms. The molecule has 2 heterocycles. The van der Waals surface area contributed by atoms with Gasteiger partial charge in [-0.25, -0.2) is 13.4 Å². The van der Waals surface area contributed by atoms with Crippen molar-refractivity contribution < 1.29 is 13.2 Å². The quantitative estimate of drug-likeness (QED) is 0.751. The number of benzene rings is 2. The molecule has 0 spiro atoms. The van der Waals surface area contributed by atoms with E-state index < -0.39 is 10.0 Å². The fourth-order valence-corrected chi connectivity index (χ4v) is 4.01. The highest BCUT2D eigenvalue weighted by molar-refractivity contribution is 7.92. The third-order valence-corrected chi connectivity index (χ3v) is 5.40. The van der Waals surface area contributed by atoms with E-state index in [1.54, 1.807) is 18.2 Å². The molecule has 0 atom stereocenters. The number of para-hydroxylation sites is 2. The molecule has 0 bridgehead atoms. The van der Waals surface area contributed by atoms with Gasteiger partial charge in [-0.3, -0.25) is 14.4 Å². The minimum absolute atomic E-state index is 0.292. The summed E-state index contributed by atoms with van der Waals surface area (Å²) in [5, 5.41) is 2.74. The first-order valence-electron chi connectivity index (χ1n) is 7.78. The van der Waals surface area contributed by atoms with Gasteiger partial charge in [-0.2, -0.15) is 0 Å². The van der Waals surface area contributed by atoms with Gasteiger partial charge in [0.15, 0.2) is 0 Å². The summed E-state index contributed by atoms with van der Waals surface area (Å²) in [6.45, 7) is 0.406. The average molecular weight is 356 g/mol. The van der Waals surface area contributed by atoms with Crippen molar-refractivity contribution in [1.82, 2.24) is 9.97 Å². The van der Waals surface area contributed by atoms with Crippen LogP contribution in [0.25, 0.3) is 11.0 Å². The van der Waals surface area contributed by atoms with Crippen molar-refractivity contribution >= 4 is 38.6 Å². The Morgan fingerprint density at radius 2 is 2.04 bits per heavy atom. The van der Waals surface area contributed by atoms with Gasteiger partial charge in [-0.1, -0.05) is 12.1 Å². The molecule has 7 nitrogen and oxygen atoms in total. The zero-order chi connectivity index (χ0) is 17.6. The van der Waals surface area contributed by atoms with E-state index in [9.17, 15) is 13.2 Å². The average Bonchev–Trinajstić information content (AvgIpc) is 3.16. The largest absolute Gasteiger partial charge is 0.324 e. The third kappa shape index (κ3) is 2.85. The van der Waals surface area contributed by atoms with E-state index in [1.165, 1.54) is 10.6 Å². The summed E-state index contributed by atoms with van der Waals surface area (Å²) in [4.78, 5) is 19.8. The molecule has 0 radical (unpaired) electrons. The molecule has 128 valence electrons. The highest BCUT2D eigenvalue weighted by Gasteiger charge is 2.26. The fraction of sp³-hybridized carbons (Fsp3) is 0.176. The van der Waals surface area contributed by atoms with E-state index in [2.05, 4.69) is 15.3 Å². The summed E-state index contributed by atoms with van der Waals surface area (Å²) >= 11 is 0. The third-order valence-electron chi connectivity index (χ3n) is 4.22. The zero-order valence-electron chi connectivity index (χ0n) is 13.5. The molecule has 2 aromatic carbocycles. The minimum Gasteiger partial charge on any atom is -0.324 e. The van der Waals surface area contributed by atoms with Gasteiger partial charge < -0.3 is 4.98 Å². The van der Waals surface area contributed by atoms with Crippen molar-refractivity contribution in [3.63, 3.8) is 0 Å². The lowest BCUT2D eigenvalue weighted by Crippen LogP contribution is -2.27. The molecule has 1 aliphatic rings. The van der Waals surface area contributed by atoms with Crippen LogP contribution in [0.2, 0.25) is 0 Å². The maximum Gasteiger partial charge on any atom is 0.257 e. The van der Waals surface area contributed by atoms with Gasteiger partial charge in [0.05, 0.1) is 23.0 Å². The maximum atomic E-state index is 12.5. The number of anilines is 2. The van der Waals surface area contributed by atoms with Crippen molar-refractivity contribution in [1.29, 1.82) is 0 Å². The Kier molecular flexibility index (Phi) is 3.50. The van der Waals surface area contributed by atoms with Gasteiger partial charge in [0.2, 0.25) is 16.0 Å². The summed E-state index contributed by atoms with van der Waals surface area (Å²) in [7, 11) is -3.29. The molecular formula is C17H16N4O3S. The van der Waals surface area contributed by atoms with Gasteiger partial charge in [0.1, 0.15) is 0 Å². The monoisotopic (exact) mass is 356 g/mol. The standard InChI is InChI=1S/C17H16N4O3S/c1-25(23,24)21-9-8-11-10-12(6-7-15(11)21)16(22)20-17-18-13-4-2-3-5-14(13)19-17/h2-7,10H,8-9H2,1H3,(H2,18,19,20,22). The van der Waals surface area contributed by atoms with Crippen LogP contribution >= 0.6 is 0 Å². The molecule has 3 aromatic rings. The molecule has 0 unspecified atom stereocenters. The molecule has 0 saturated heterocycles. The molecule has 4 rings (SSSR count). The second-order valence-corrected chi connectivity index (χ2v) is 7.89. The number of hydrogen-bond donors (Lipinski definition) is 2. The Morgan fingerprint density at radius 3 is 2.80 bits per heavy atom. The number of amides is 1. The molecule has 0 fully saturated rings. The van der Waals surface area contributed by atoms with Gasteiger partial charge >= 0.3 is 0 Å². The van der Waals surface area contributed by atoms with Crippen LogP contribution in [0.1, 0.15) is 15.9 Å². The Balaban J connectivity index is 1.59. The summed E-state index contributed by atoms with van der Waals surface area (Å²) in [6, 6.07) is 12.5. The number of fused-ring (bicyclic) bond motifs is 2. The number of imidazole rings is 1. The van der Waals surface area contributed by atoms with E-state index in [1.807, 2.05) is 24.3 Å². The summed E-state index contributed by atoms with van der Waals surface area (Å²) < 4.78 is 24.9. The second kappa shape index (κ2) is 5.59. The second-order valence-electron chi connectivity index (χ2n) is 5.99. The predicted molar refractivity (Wildman–Crippen MR) is 96.4 cm³/mol. The fourth-order valence-electron chi connectivity index (χ4n) is 3.05. The molecule has 0 saturated carbocycles. The lowest BCUT2D eigenvalue weighted by molar-refractivity contribution is 0.102. The number of sulfonamides is 1. The molecule has 2 N–H and O–H groups in total. The van der Waals surface area contributed by atoms with E-state index in [0.29, 0.717) is 30.2 Å². The van der Waals surface area contributed by atoms with Gasteiger partial charge in [0.25, 0.3) is 5.91 Å². The van der Waals surface area contributed by atoms with Crippen LogP contribution in [0.5, 0.6) is 0 Å². The predicted octanol–water partition coefficient (Wildman–Crippen LogP) is 2.14. The Bertz CT molecular complexity index is 1060. The van der Waals surface area contributed by atoms with Crippen molar-refractivity contribution in [3.05, 3.63) is 53.6 Å². The number of carbonyl (C=O) groups is 1. The minimum atomic E-state index is -3.29. The number of aromatic nitrogens is 2. The number of H-pyrrole nitrogens is 1. The van der Waals surface area contributed by atoms with Crippen LogP contribution in [0.4, 0.5) is 11.6 Å².